The van der Waals surface area contributed by atoms with Gasteiger partial charge in [0.2, 0.25) is 11.6 Å². The second-order valence-corrected chi connectivity index (χ2v) is 7.40. The minimum absolute atomic E-state index is 0.112. The summed E-state index contributed by atoms with van der Waals surface area (Å²) < 4.78 is 6.82. The Morgan fingerprint density at radius 3 is 2.77 bits per heavy atom. The van der Waals surface area contributed by atoms with Crippen LogP contribution in [-0.2, 0) is 6.42 Å². The van der Waals surface area contributed by atoms with Gasteiger partial charge in [0, 0.05) is 11.1 Å². The highest BCUT2D eigenvalue weighted by atomic mass is 35.5. The molecule has 10 nitrogen and oxygen atoms in total. The van der Waals surface area contributed by atoms with Crippen molar-refractivity contribution < 1.29 is 4.74 Å². The first-order valence-electron chi connectivity index (χ1n) is 9.03. The van der Waals surface area contributed by atoms with Crippen LogP contribution in [-0.4, -0.2) is 25.0 Å². The van der Waals surface area contributed by atoms with Crippen LogP contribution in [0.1, 0.15) is 41.6 Å². The second kappa shape index (κ2) is 7.27. The van der Waals surface area contributed by atoms with Crippen LogP contribution in [0.2, 0.25) is 5.02 Å². The molecule has 0 bridgehead atoms. The quantitative estimate of drug-likeness (QED) is 0.647. The monoisotopic (exact) mass is 426 g/mol. The Balaban J connectivity index is 1.78. The number of H-pyrrole nitrogens is 2. The number of fused-ring (bicyclic) bond motifs is 1. The molecule has 4 rings (SSSR count). The minimum atomic E-state index is -0.867. The molecule has 1 aliphatic rings. The summed E-state index contributed by atoms with van der Waals surface area (Å²) in [5.41, 5.74) is -0.130. The first-order chi connectivity index (χ1) is 14.3. The lowest BCUT2D eigenvalue weighted by Gasteiger charge is -2.14. The zero-order chi connectivity index (χ0) is 21.6. The molecule has 3 aromatic rings. The Labute approximate surface area is 173 Å². The molecular weight excluding hydrogens is 412 g/mol. The molecule has 2 aromatic heterocycles. The van der Waals surface area contributed by atoms with Gasteiger partial charge in [0.05, 0.1) is 10.7 Å². The van der Waals surface area contributed by atoms with Crippen LogP contribution in [0.5, 0.6) is 11.6 Å². The molecule has 1 aliphatic carbocycles. The third-order valence-corrected chi connectivity index (χ3v) is 5.28. The molecule has 2 heterocycles. The van der Waals surface area contributed by atoms with Crippen LogP contribution in [0.4, 0.5) is 0 Å². The van der Waals surface area contributed by atoms with E-state index >= 15 is 0 Å². The summed E-state index contributed by atoms with van der Waals surface area (Å²) in [4.78, 5) is 37.8. The van der Waals surface area contributed by atoms with Crippen molar-refractivity contribution in [3.05, 3.63) is 70.7 Å². The van der Waals surface area contributed by atoms with E-state index in [0.29, 0.717) is 23.3 Å². The summed E-state index contributed by atoms with van der Waals surface area (Å²) in [5, 5.41) is 19.4. The second-order valence-electron chi connectivity index (χ2n) is 7.00. The Bertz CT molecular complexity index is 1370. The maximum absolute atomic E-state index is 12.1. The van der Waals surface area contributed by atoms with Crippen molar-refractivity contribution in [3.63, 3.8) is 0 Å². The van der Waals surface area contributed by atoms with Crippen molar-refractivity contribution in [2.75, 3.05) is 0 Å². The third kappa shape index (κ3) is 3.19. The zero-order valence-electron chi connectivity index (χ0n) is 15.9. The molecular formula is C19H15ClN6O4. The largest absolute Gasteiger partial charge is 0.435 e. The number of nitrogens with one attached hydrogen (secondary N) is 2. The van der Waals surface area contributed by atoms with Crippen molar-refractivity contribution in [3.8, 4) is 23.4 Å². The zero-order valence-corrected chi connectivity index (χ0v) is 16.7. The lowest BCUT2D eigenvalue weighted by atomic mass is 10.1. The van der Waals surface area contributed by atoms with Gasteiger partial charge in [-0.1, -0.05) is 18.5 Å². The number of aromatic nitrogens is 5. The Kier molecular flexibility index (Phi) is 4.75. The number of hydrogen-bond acceptors (Lipinski definition) is 7. The number of hydrogen-bond donors (Lipinski definition) is 2. The highest BCUT2D eigenvalue weighted by Gasteiger charge is 2.27. The first-order valence-corrected chi connectivity index (χ1v) is 9.41. The molecule has 0 saturated heterocycles. The molecule has 0 saturated carbocycles. The number of nitrogens with zero attached hydrogens (tertiary/aromatic N) is 4. The van der Waals surface area contributed by atoms with Gasteiger partial charge in [-0.3, -0.25) is 14.6 Å². The topological polar surface area (TPSA) is 147 Å². The van der Waals surface area contributed by atoms with E-state index < -0.39 is 16.9 Å². The van der Waals surface area contributed by atoms with E-state index in [-0.39, 0.29) is 28.1 Å². The third-order valence-electron chi connectivity index (χ3n) is 5.00. The van der Waals surface area contributed by atoms with Crippen molar-refractivity contribution in [1.29, 1.82) is 5.26 Å². The summed E-state index contributed by atoms with van der Waals surface area (Å²) in [6.45, 7) is 3.68. The molecule has 2 N–H and O–H groups in total. The van der Waals surface area contributed by atoms with Gasteiger partial charge in [-0.05, 0) is 43.4 Å². The highest BCUT2D eigenvalue weighted by molar-refractivity contribution is 6.32. The molecule has 1 atom stereocenters. The van der Waals surface area contributed by atoms with Gasteiger partial charge in [-0.25, -0.2) is 9.89 Å². The smallest absolute Gasteiger partial charge is 0.349 e. The maximum atomic E-state index is 12.1. The molecule has 0 radical (unpaired) electrons. The minimum Gasteiger partial charge on any atom is -0.435 e. The van der Waals surface area contributed by atoms with Crippen LogP contribution >= 0.6 is 11.6 Å². The van der Waals surface area contributed by atoms with E-state index in [4.69, 9.17) is 21.6 Å². The van der Waals surface area contributed by atoms with Crippen LogP contribution in [0.3, 0.4) is 0 Å². The van der Waals surface area contributed by atoms with Crippen molar-refractivity contribution in [2.45, 2.75) is 32.6 Å². The first kappa shape index (κ1) is 19.6. The Morgan fingerprint density at radius 2 is 2.07 bits per heavy atom. The summed E-state index contributed by atoms with van der Waals surface area (Å²) >= 11 is 6.40. The van der Waals surface area contributed by atoms with Crippen molar-refractivity contribution >= 4 is 11.6 Å². The molecule has 0 spiro atoms. The SMILES string of the molecule is Cc1cc(-n2nc(C#N)c(=O)[nH]c2=O)cc(Cl)c1Oc1n[nH]c(=O)c2c1CC[C@H]2C. The molecule has 0 fully saturated rings. The molecule has 0 aliphatic heterocycles. The van der Waals surface area contributed by atoms with Gasteiger partial charge in [-0.15, -0.1) is 10.2 Å². The van der Waals surface area contributed by atoms with Crippen molar-refractivity contribution in [1.82, 2.24) is 25.0 Å². The van der Waals surface area contributed by atoms with E-state index in [9.17, 15) is 14.4 Å². The number of nitriles is 1. The van der Waals surface area contributed by atoms with E-state index in [2.05, 4.69) is 15.3 Å². The molecule has 152 valence electrons. The number of halogens is 1. The fourth-order valence-electron chi connectivity index (χ4n) is 3.54. The number of ether oxygens (including phenoxy) is 1. The number of aromatic amines is 2. The van der Waals surface area contributed by atoms with Crippen LogP contribution in [0.15, 0.2) is 26.5 Å². The van der Waals surface area contributed by atoms with E-state index in [1.54, 1.807) is 19.1 Å². The van der Waals surface area contributed by atoms with Gasteiger partial charge < -0.3 is 4.74 Å². The summed E-state index contributed by atoms with van der Waals surface area (Å²) in [5.74, 6) is 0.693. The fourth-order valence-corrected chi connectivity index (χ4v) is 3.84. The molecule has 1 aromatic carbocycles. The van der Waals surface area contributed by atoms with Gasteiger partial charge in [0.15, 0.2) is 5.75 Å². The molecule has 11 heteroatoms. The summed E-state index contributed by atoms with van der Waals surface area (Å²) in [6.07, 6.45) is 1.50. The van der Waals surface area contributed by atoms with Gasteiger partial charge in [-0.2, -0.15) is 9.94 Å². The highest BCUT2D eigenvalue weighted by Crippen LogP contribution is 2.39. The predicted octanol–water partition coefficient (Wildman–Crippen LogP) is 1.68. The normalized spacial score (nSPS) is 14.9. The Hall–Kier alpha value is -3.71. The van der Waals surface area contributed by atoms with Crippen LogP contribution in [0, 0.1) is 18.3 Å². The number of benzene rings is 1. The number of aryl methyl sites for hydroxylation is 1. The van der Waals surface area contributed by atoms with Crippen LogP contribution < -0.4 is 21.5 Å². The average Bonchev–Trinajstić information content (AvgIpc) is 3.09. The van der Waals surface area contributed by atoms with Crippen LogP contribution in [0.25, 0.3) is 5.69 Å². The molecule has 0 amide bonds. The maximum Gasteiger partial charge on any atom is 0.349 e. The van der Waals surface area contributed by atoms with Gasteiger partial charge >= 0.3 is 5.69 Å². The molecule has 30 heavy (non-hydrogen) atoms. The predicted molar refractivity (Wildman–Crippen MR) is 107 cm³/mol. The standard InChI is InChI=1S/C19H15ClN6O4/c1-8-3-4-11-14(8)17(28)23-24-18(11)30-15-9(2)5-10(6-12(15)20)26-19(29)22-16(27)13(7-21)25-26/h5-6,8H,3-4H2,1-2H3,(H,23,28)(H,22,27,29)/t8-/m1/s1. The van der Waals surface area contributed by atoms with Gasteiger partial charge in [0.1, 0.15) is 6.07 Å². The Morgan fingerprint density at radius 1 is 1.30 bits per heavy atom. The van der Waals surface area contributed by atoms with Gasteiger partial charge in [0.25, 0.3) is 11.1 Å². The van der Waals surface area contributed by atoms with Crippen molar-refractivity contribution in [2.24, 2.45) is 0 Å². The van der Waals surface area contributed by atoms with E-state index in [0.717, 1.165) is 16.7 Å². The van der Waals surface area contributed by atoms with E-state index in [1.807, 2.05) is 11.9 Å². The fraction of sp³-hybridized carbons (Fsp3) is 0.263. The summed E-state index contributed by atoms with van der Waals surface area (Å²) in [7, 11) is 0. The summed E-state index contributed by atoms with van der Waals surface area (Å²) in [6, 6.07) is 4.62. The lowest BCUT2D eigenvalue weighted by molar-refractivity contribution is 0.445. The molecule has 0 unspecified atom stereocenters. The van der Waals surface area contributed by atoms with E-state index in [1.165, 1.54) is 6.07 Å². The average molecular weight is 427 g/mol. The lowest BCUT2D eigenvalue weighted by Crippen LogP contribution is -2.33. The number of rotatable bonds is 3.